The molecule has 4 rings (SSSR count). The SMILES string of the molecule is COC(=O)[C@H]1CCCCN1C(=O)c1cccc(OC2CCN(C(=O)C3CC3)CC2)c1. The molecule has 1 saturated carbocycles. The number of carbonyl (C=O) groups is 3. The third-order valence-electron chi connectivity index (χ3n) is 6.30. The Labute approximate surface area is 177 Å². The van der Waals surface area contributed by atoms with Gasteiger partial charge in [0.1, 0.15) is 17.9 Å². The normalized spacial score (nSPS) is 22.5. The molecular formula is C23H30N2O5. The summed E-state index contributed by atoms with van der Waals surface area (Å²) >= 11 is 0. The van der Waals surface area contributed by atoms with Crippen molar-refractivity contribution in [2.75, 3.05) is 26.7 Å². The topological polar surface area (TPSA) is 76.2 Å². The summed E-state index contributed by atoms with van der Waals surface area (Å²) in [6.07, 6.45) is 6.12. The van der Waals surface area contributed by atoms with Crippen LogP contribution in [-0.2, 0) is 14.3 Å². The van der Waals surface area contributed by atoms with Gasteiger partial charge >= 0.3 is 5.97 Å². The molecule has 2 heterocycles. The van der Waals surface area contributed by atoms with Crippen LogP contribution in [0.15, 0.2) is 24.3 Å². The molecule has 0 aromatic heterocycles. The van der Waals surface area contributed by atoms with Crippen LogP contribution in [0.1, 0.15) is 55.3 Å². The van der Waals surface area contributed by atoms with Gasteiger partial charge in [0.15, 0.2) is 0 Å². The Kier molecular flexibility index (Phi) is 6.25. The maximum Gasteiger partial charge on any atom is 0.328 e. The number of amides is 2. The summed E-state index contributed by atoms with van der Waals surface area (Å²) in [5.74, 6) is 0.680. The van der Waals surface area contributed by atoms with Crippen molar-refractivity contribution in [1.82, 2.24) is 9.80 Å². The molecule has 0 N–H and O–H groups in total. The van der Waals surface area contributed by atoms with Crippen molar-refractivity contribution in [1.29, 1.82) is 0 Å². The van der Waals surface area contributed by atoms with Crippen LogP contribution in [0.2, 0.25) is 0 Å². The van der Waals surface area contributed by atoms with E-state index in [1.54, 1.807) is 17.0 Å². The lowest BCUT2D eigenvalue weighted by Crippen LogP contribution is -2.48. The molecule has 1 aromatic carbocycles. The van der Waals surface area contributed by atoms with Crippen LogP contribution < -0.4 is 4.74 Å². The number of ether oxygens (including phenoxy) is 2. The Morgan fingerprint density at radius 1 is 0.967 bits per heavy atom. The van der Waals surface area contributed by atoms with Crippen molar-refractivity contribution >= 4 is 17.8 Å². The summed E-state index contributed by atoms with van der Waals surface area (Å²) in [4.78, 5) is 41.0. The number of carbonyl (C=O) groups excluding carboxylic acids is 3. The largest absolute Gasteiger partial charge is 0.490 e. The van der Waals surface area contributed by atoms with Gasteiger partial charge in [-0.15, -0.1) is 0 Å². The van der Waals surface area contributed by atoms with Gasteiger partial charge in [-0.05, 0) is 50.3 Å². The second-order valence-corrected chi connectivity index (χ2v) is 8.48. The maximum absolute atomic E-state index is 13.1. The number of piperidine rings is 2. The summed E-state index contributed by atoms with van der Waals surface area (Å²) in [5, 5.41) is 0. The fourth-order valence-corrected chi connectivity index (χ4v) is 4.40. The van der Waals surface area contributed by atoms with Crippen molar-refractivity contribution in [2.24, 2.45) is 5.92 Å². The summed E-state index contributed by atoms with van der Waals surface area (Å²) in [7, 11) is 1.36. The van der Waals surface area contributed by atoms with E-state index in [4.69, 9.17) is 9.47 Å². The smallest absolute Gasteiger partial charge is 0.328 e. The Morgan fingerprint density at radius 3 is 2.43 bits per heavy atom. The predicted octanol–water partition coefficient (Wildman–Crippen LogP) is 2.63. The molecule has 30 heavy (non-hydrogen) atoms. The lowest BCUT2D eigenvalue weighted by atomic mass is 10.0. The number of methoxy groups -OCH3 is 1. The third-order valence-corrected chi connectivity index (χ3v) is 6.30. The van der Waals surface area contributed by atoms with E-state index in [2.05, 4.69) is 0 Å². The molecule has 7 nitrogen and oxygen atoms in total. The number of nitrogens with zero attached hydrogens (tertiary/aromatic N) is 2. The molecule has 1 atom stereocenters. The number of esters is 1. The highest BCUT2D eigenvalue weighted by molar-refractivity contribution is 5.97. The Morgan fingerprint density at radius 2 is 1.73 bits per heavy atom. The summed E-state index contributed by atoms with van der Waals surface area (Å²) in [6.45, 7) is 2.01. The van der Waals surface area contributed by atoms with Crippen LogP contribution in [0.3, 0.4) is 0 Å². The van der Waals surface area contributed by atoms with E-state index in [-0.39, 0.29) is 23.9 Å². The van der Waals surface area contributed by atoms with Gasteiger partial charge in [-0.1, -0.05) is 6.07 Å². The second kappa shape index (κ2) is 9.06. The van der Waals surface area contributed by atoms with Gasteiger partial charge in [0, 0.05) is 44.0 Å². The van der Waals surface area contributed by atoms with Crippen molar-refractivity contribution in [2.45, 2.75) is 57.1 Å². The second-order valence-electron chi connectivity index (χ2n) is 8.48. The van der Waals surface area contributed by atoms with Crippen LogP contribution in [0.5, 0.6) is 5.75 Å². The van der Waals surface area contributed by atoms with E-state index < -0.39 is 6.04 Å². The summed E-state index contributed by atoms with van der Waals surface area (Å²) in [5.41, 5.74) is 0.518. The fourth-order valence-electron chi connectivity index (χ4n) is 4.40. The zero-order valence-electron chi connectivity index (χ0n) is 17.5. The van der Waals surface area contributed by atoms with E-state index in [1.165, 1.54) is 7.11 Å². The van der Waals surface area contributed by atoms with Crippen LogP contribution >= 0.6 is 0 Å². The summed E-state index contributed by atoms with van der Waals surface area (Å²) < 4.78 is 11.0. The third kappa shape index (κ3) is 4.60. The van der Waals surface area contributed by atoms with E-state index >= 15 is 0 Å². The number of benzene rings is 1. The molecule has 162 valence electrons. The van der Waals surface area contributed by atoms with E-state index in [9.17, 15) is 14.4 Å². The molecule has 3 fully saturated rings. The molecule has 0 spiro atoms. The quantitative estimate of drug-likeness (QED) is 0.693. The fraction of sp³-hybridized carbons (Fsp3) is 0.609. The minimum atomic E-state index is -0.519. The Bertz CT molecular complexity index is 799. The first-order valence-electron chi connectivity index (χ1n) is 11.0. The molecule has 1 aromatic rings. The first-order chi connectivity index (χ1) is 14.6. The summed E-state index contributed by atoms with van der Waals surface area (Å²) in [6, 6.07) is 6.66. The highest BCUT2D eigenvalue weighted by Crippen LogP contribution is 2.32. The van der Waals surface area contributed by atoms with E-state index in [0.29, 0.717) is 30.2 Å². The Hall–Kier alpha value is -2.57. The lowest BCUT2D eigenvalue weighted by Gasteiger charge is -2.34. The highest BCUT2D eigenvalue weighted by Gasteiger charge is 2.36. The molecule has 2 aliphatic heterocycles. The van der Waals surface area contributed by atoms with Crippen molar-refractivity contribution in [3.8, 4) is 5.75 Å². The molecule has 0 bridgehead atoms. The highest BCUT2D eigenvalue weighted by atomic mass is 16.5. The van der Waals surface area contributed by atoms with Crippen molar-refractivity contribution in [3.05, 3.63) is 29.8 Å². The van der Waals surface area contributed by atoms with E-state index in [0.717, 1.165) is 51.6 Å². The van der Waals surface area contributed by atoms with Gasteiger partial charge in [0.25, 0.3) is 5.91 Å². The molecule has 2 amide bonds. The van der Waals surface area contributed by atoms with Gasteiger partial charge in [0.2, 0.25) is 5.91 Å². The van der Waals surface area contributed by atoms with Gasteiger partial charge < -0.3 is 19.3 Å². The maximum atomic E-state index is 13.1. The molecule has 0 unspecified atom stereocenters. The van der Waals surface area contributed by atoms with Gasteiger partial charge in [-0.25, -0.2) is 4.79 Å². The van der Waals surface area contributed by atoms with Crippen molar-refractivity contribution in [3.63, 3.8) is 0 Å². The minimum Gasteiger partial charge on any atom is -0.490 e. The van der Waals surface area contributed by atoms with Crippen LogP contribution in [0.25, 0.3) is 0 Å². The number of likely N-dealkylation sites (tertiary alicyclic amines) is 2. The zero-order valence-corrected chi connectivity index (χ0v) is 17.5. The standard InChI is InChI=1S/C23H30N2O5/c1-29-23(28)20-7-2-3-12-25(20)22(27)17-5-4-6-19(15-17)30-18-10-13-24(14-11-18)21(26)16-8-9-16/h4-6,15-16,18,20H,2-3,7-14H2,1H3/t20-/m1/s1. The predicted molar refractivity (Wildman–Crippen MR) is 110 cm³/mol. The number of rotatable bonds is 5. The molecule has 7 heteroatoms. The lowest BCUT2D eigenvalue weighted by molar-refractivity contribution is -0.147. The average Bonchev–Trinajstić information content (AvgIpc) is 3.64. The zero-order chi connectivity index (χ0) is 21.1. The van der Waals surface area contributed by atoms with Crippen LogP contribution in [-0.4, -0.2) is 66.5 Å². The van der Waals surface area contributed by atoms with Crippen molar-refractivity contribution < 1.29 is 23.9 Å². The molecule has 1 aliphatic carbocycles. The Balaban J connectivity index is 1.37. The monoisotopic (exact) mass is 414 g/mol. The van der Waals surface area contributed by atoms with E-state index in [1.807, 2.05) is 17.0 Å². The average molecular weight is 415 g/mol. The van der Waals surface area contributed by atoms with Gasteiger partial charge in [-0.3, -0.25) is 9.59 Å². The number of hydrogen-bond donors (Lipinski definition) is 0. The van der Waals surface area contributed by atoms with Crippen LogP contribution in [0.4, 0.5) is 0 Å². The first-order valence-corrected chi connectivity index (χ1v) is 11.0. The number of hydrogen-bond acceptors (Lipinski definition) is 5. The van der Waals surface area contributed by atoms with Gasteiger partial charge in [-0.2, -0.15) is 0 Å². The molecule has 0 radical (unpaired) electrons. The molecule has 3 aliphatic rings. The first kappa shape index (κ1) is 20.7. The van der Waals surface area contributed by atoms with Crippen LogP contribution in [0, 0.1) is 5.92 Å². The molecular weight excluding hydrogens is 384 g/mol. The molecule has 2 saturated heterocycles. The van der Waals surface area contributed by atoms with Gasteiger partial charge in [0.05, 0.1) is 7.11 Å². The minimum absolute atomic E-state index is 0.0383.